The minimum atomic E-state index is 0.226. The van der Waals surface area contributed by atoms with Crippen molar-refractivity contribution >= 4 is 0 Å². The van der Waals surface area contributed by atoms with Crippen LogP contribution in [0.1, 0.15) is 28.3 Å². The second-order valence-corrected chi connectivity index (χ2v) is 6.30. The predicted octanol–water partition coefficient (Wildman–Crippen LogP) is 3.06. The van der Waals surface area contributed by atoms with Crippen LogP contribution in [0.3, 0.4) is 0 Å². The van der Waals surface area contributed by atoms with E-state index in [0.29, 0.717) is 11.8 Å². The number of benzene rings is 2. The number of rotatable bonds is 2. The van der Waals surface area contributed by atoms with E-state index in [1.807, 2.05) is 18.2 Å². The Morgan fingerprint density at radius 2 is 1.91 bits per heavy atom. The standard InChI is InChI=1S/C19H21NO3/c1-22-15-4-3-13-11-20-6-5-12-9-19(23-2)18(21)10-16(12)17(20)8-14(13)7-15/h3-4,7,9-10,17,21H,5-6,8,11H2,1-2H3. The number of methoxy groups -OCH3 is 2. The summed E-state index contributed by atoms with van der Waals surface area (Å²) in [7, 11) is 3.30. The SMILES string of the molecule is COc1ccc2c(c1)CC1c3cc(O)c(OC)cc3CCN1C2. The van der Waals surface area contributed by atoms with Gasteiger partial charge in [0.15, 0.2) is 11.5 Å². The molecule has 2 aliphatic heterocycles. The number of hydrogen-bond donors (Lipinski definition) is 1. The second-order valence-electron chi connectivity index (χ2n) is 6.30. The molecule has 1 atom stereocenters. The van der Waals surface area contributed by atoms with Crippen LogP contribution >= 0.6 is 0 Å². The molecule has 0 aromatic heterocycles. The molecule has 2 aromatic carbocycles. The summed E-state index contributed by atoms with van der Waals surface area (Å²) in [5.41, 5.74) is 5.23. The fourth-order valence-electron chi connectivity index (χ4n) is 3.86. The average Bonchev–Trinajstić information content (AvgIpc) is 2.59. The van der Waals surface area contributed by atoms with Crippen LogP contribution in [0.25, 0.3) is 0 Å². The Bertz CT molecular complexity index is 757. The molecule has 120 valence electrons. The number of hydrogen-bond acceptors (Lipinski definition) is 4. The van der Waals surface area contributed by atoms with Crippen molar-refractivity contribution in [1.82, 2.24) is 4.90 Å². The average molecular weight is 311 g/mol. The van der Waals surface area contributed by atoms with Crippen molar-refractivity contribution in [2.45, 2.75) is 25.4 Å². The molecule has 2 aliphatic rings. The van der Waals surface area contributed by atoms with Gasteiger partial charge < -0.3 is 14.6 Å². The normalized spacial score (nSPS) is 19.5. The zero-order valence-electron chi connectivity index (χ0n) is 13.5. The van der Waals surface area contributed by atoms with E-state index in [2.05, 4.69) is 17.0 Å². The van der Waals surface area contributed by atoms with Gasteiger partial charge in [0.2, 0.25) is 0 Å². The van der Waals surface area contributed by atoms with Crippen LogP contribution in [0.5, 0.6) is 17.2 Å². The van der Waals surface area contributed by atoms with Crippen molar-refractivity contribution in [1.29, 1.82) is 0 Å². The smallest absolute Gasteiger partial charge is 0.160 e. The van der Waals surface area contributed by atoms with Crippen LogP contribution in [0.15, 0.2) is 30.3 Å². The first kappa shape index (κ1) is 14.4. The maximum Gasteiger partial charge on any atom is 0.160 e. The topological polar surface area (TPSA) is 41.9 Å². The van der Waals surface area contributed by atoms with Crippen LogP contribution in [-0.4, -0.2) is 30.8 Å². The summed E-state index contributed by atoms with van der Waals surface area (Å²) in [4.78, 5) is 2.50. The van der Waals surface area contributed by atoms with E-state index in [4.69, 9.17) is 9.47 Å². The van der Waals surface area contributed by atoms with E-state index in [1.165, 1.54) is 22.3 Å². The van der Waals surface area contributed by atoms with Crippen LogP contribution in [-0.2, 0) is 19.4 Å². The van der Waals surface area contributed by atoms with Crippen LogP contribution in [0.4, 0.5) is 0 Å². The molecular formula is C19H21NO3. The first-order valence-corrected chi connectivity index (χ1v) is 7.99. The Balaban J connectivity index is 1.74. The van der Waals surface area contributed by atoms with E-state index < -0.39 is 0 Å². The molecule has 2 heterocycles. The van der Waals surface area contributed by atoms with Gasteiger partial charge in [-0.25, -0.2) is 0 Å². The summed E-state index contributed by atoms with van der Waals surface area (Å²) in [6, 6.07) is 10.5. The Morgan fingerprint density at radius 3 is 2.70 bits per heavy atom. The molecule has 23 heavy (non-hydrogen) atoms. The molecule has 0 spiro atoms. The van der Waals surface area contributed by atoms with E-state index in [0.717, 1.165) is 31.7 Å². The lowest BCUT2D eigenvalue weighted by molar-refractivity contribution is 0.160. The number of ether oxygens (including phenoxy) is 2. The Morgan fingerprint density at radius 1 is 1.04 bits per heavy atom. The maximum absolute atomic E-state index is 10.2. The highest BCUT2D eigenvalue weighted by molar-refractivity contribution is 5.50. The third-order valence-corrected chi connectivity index (χ3v) is 5.11. The molecule has 0 saturated heterocycles. The summed E-state index contributed by atoms with van der Waals surface area (Å²) < 4.78 is 10.6. The molecule has 2 aromatic rings. The lowest BCUT2D eigenvalue weighted by atomic mass is 9.84. The van der Waals surface area contributed by atoms with Crippen molar-refractivity contribution in [2.24, 2.45) is 0 Å². The van der Waals surface area contributed by atoms with Gasteiger partial charge >= 0.3 is 0 Å². The van der Waals surface area contributed by atoms with Crippen LogP contribution in [0.2, 0.25) is 0 Å². The molecule has 0 fully saturated rings. The monoisotopic (exact) mass is 311 g/mol. The van der Waals surface area contributed by atoms with Gasteiger partial charge in [-0.3, -0.25) is 4.90 Å². The van der Waals surface area contributed by atoms with Gasteiger partial charge in [0.25, 0.3) is 0 Å². The molecule has 0 saturated carbocycles. The zero-order chi connectivity index (χ0) is 16.0. The summed E-state index contributed by atoms with van der Waals surface area (Å²) in [5, 5.41) is 10.2. The van der Waals surface area contributed by atoms with Crippen molar-refractivity contribution in [3.63, 3.8) is 0 Å². The highest BCUT2D eigenvalue weighted by Gasteiger charge is 2.33. The summed E-state index contributed by atoms with van der Waals surface area (Å²) >= 11 is 0. The highest BCUT2D eigenvalue weighted by atomic mass is 16.5. The van der Waals surface area contributed by atoms with E-state index in [1.54, 1.807) is 14.2 Å². The molecule has 0 amide bonds. The van der Waals surface area contributed by atoms with Gasteiger partial charge in [-0.15, -0.1) is 0 Å². The quantitative estimate of drug-likeness (QED) is 0.925. The fourth-order valence-corrected chi connectivity index (χ4v) is 3.86. The molecule has 0 bridgehead atoms. The number of nitrogens with zero attached hydrogens (tertiary/aromatic N) is 1. The highest BCUT2D eigenvalue weighted by Crippen LogP contribution is 2.42. The molecule has 0 aliphatic carbocycles. The second kappa shape index (κ2) is 5.46. The third kappa shape index (κ3) is 2.34. The molecule has 4 rings (SSSR count). The molecule has 4 heteroatoms. The number of aromatic hydroxyl groups is 1. The maximum atomic E-state index is 10.2. The Labute approximate surface area is 136 Å². The third-order valence-electron chi connectivity index (χ3n) is 5.11. The number of phenolic OH excluding ortho intramolecular Hbond substituents is 1. The van der Waals surface area contributed by atoms with E-state index >= 15 is 0 Å². The van der Waals surface area contributed by atoms with Crippen molar-refractivity contribution in [3.05, 3.63) is 52.6 Å². The van der Waals surface area contributed by atoms with Gasteiger partial charge in [0.1, 0.15) is 5.75 Å². The first-order chi connectivity index (χ1) is 11.2. The number of fused-ring (bicyclic) bond motifs is 4. The van der Waals surface area contributed by atoms with Crippen molar-refractivity contribution in [2.75, 3.05) is 20.8 Å². The zero-order valence-corrected chi connectivity index (χ0v) is 13.5. The lowest BCUT2D eigenvalue weighted by Crippen LogP contribution is -2.39. The lowest BCUT2D eigenvalue weighted by Gasteiger charge is -2.41. The summed E-state index contributed by atoms with van der Waals surface area (Å²) in [6.07, 6.45) is 1.94. The minimum Gasteiger partial charge on any atom is -0.504 e. The molecule has 1 unspecified atom stereocenters. The molecule has 4 nitrogen and oxygen atoms in total. The minimum absolute atomic E-state index is 0.226. The van der Waals surface area contributed by atoms with Crippen molar-refractivity contribution < 1.29 is 14.6 Å². The largest absolute Gasteiger partial charge is 0.504 e. The van der Waals surface area contributed by atoms with Crippen LogP contribution in [0, 0.1) is 0 Å². The van der Waals surface area contributed by atoms with E-state index in [-0.39, 0.29) is 5.75 Å². The van der Waals surface area contributed by atoms with Gasteiger partial charge in [0.05, 0.1) is 14.2 Å². The fraction of sp³-hybridized carbons (Fsp3) is 0.368. The molecule has 0 radical (unpaired) electrons. The van der Waals surface area contributed by atoms with Gasteiger partial charge in [-0.05, 0) is 59.4 Å². The van der Waals surface area contributed by atoms with Crippen LogP contribution < -0.4 is 9.47 Å². The van der Waals surface area contributed by atoms with Gasteiger partial charge in [-0.2, -0.15) is 0 Å². The van der Waals surface area contributed by atoms with Gasteiger partial charge in [0, 0.05) is 19.1 Å². The summed E-state index contributed by atoms with van der Waals surface area (Å²) in [5.74, 6) is 1.70. The predicted molar refractivity (Wildman–Crippen MR) is 88.2 cm³/mol. The Kier molecular flexibility index (Phi) is 3.42. The van der Waals surface area contributed by atoms with Gasteiger partial charge in [-0.1, -0.05) is 6.07 Å². The van der Waals surface area contributed by atoms with Crippen molar-refractivity contribution in [3.8, 4) is 17.2 Å². The molecule has 1 N–H and O–H groups in total. The molecular weight excluding hydrogens is 290 g/mol. The number of phenols is 1. The summed E-state index contributed by atoms with van der Waals surface area (Å²) in [6.45, 7) is 1.99. The van der Waals surface area contributed by atoms with E-state index in [9.17, 15) is 5.11 Å². The first-order valence-electron chi connectivity index (χ1n) is 7.99. The Hall–Kier alpha value is -2.20.